The predicted octanol–water partition coefficient (Wildman–Crippen LogP) is 5.18. The monoisotopic (exact) mass is 404 g/mol. The summed E-state index contributed by atoms with van der Waals surface area (Å²) in [6, 6.07) is 17.5. The van der Waals surface area contributed by atoms with E-state index < -0.39 is 0 Å². The highest BCUT2D eigenvalue weighted by Crippen LogP contribution is 2.42. The fraction of sp³-hybridized carbons (Fsp3) is 0.333. The minimum atomic E-state index is 0.0260. The molecule has 2 atom stereocenters. The van der Waals surface area contributed by atoms with Crippen molar-refractivity contribution in [3.05, 3.63) is 82.9 Å². The Kier molecular flexibility index (Phi) is 5.17. The molecular weight excluding hydrogens is 376 g/mol. The van der Waals surface area contributed by atoms with Gasteiger partial charge in [-0.15, -0.1) is 0 Å². The number of nitrogens with zero attached hydrogens (tertiary/aromatic N) is 3. The lowest BCUT2D eigenvalue weighted by Gasteiger charge is -2.31. The fourth-order valence-corrected chi connectivity index (χ4v) is 4.88. The van der Waals surface area contributed by atoms with Gasteiger partial charge in [-0.25, -0.2) is 0 Å². The second-order valence-electron chi connectivity index (χ2n) is 8.13. The Morgan fingerprint density at radius 3 is 2.38 bits per heavy atom. The van der Waals surface area contributed by atoms with Crippen molar-refractivity contribution in [2.75, 3.05) is 0 Å². The predicted molar refractivity (Wildman–Crippen MR) is 122 cm³/mol. The number of thiocarbonyl (C=S) groups is 1. The molecule has 1 aliphatic heterocycles. The van der Waals surface area contributed by atoms with E-state index in [1.807, 2.05) is 18.3 Å². The van der Waals surface area contributed by atoms with Gasteiger partial charge in [-0.05, 0) is 82.7 Å². The first-order valence-electron chi connectivity index (χ1n) is 10.1. The van der Waals surface area contributed by atoms with Crippen molar-refractivity contribution < 1.29 is 0 Å². The summed E-state index contributed by atoms with van der Waals surface area (Å²) in [6.07, 6.45) is 1.85. The molecule has 1 aromatic carbocycles. The number of hydrogen-bond acceptors (Lipinski definition) is 2. The topological polar surface area (TPSA) is 33.1 Å². The zero-order chi connectivity index (χ0) is 20.7. The van der Waals surface area contributed by atoms with Crippen molar-refractivity contribution >= 4 is 17.3 Å². The van der Waals surface area contributed by atoms with Gasteiger partial charge < -0.3 is 14.8 Å². The summed E-state index contributed by atoms with van der Waals surface area (Å²) >= 11 is 5.74. The minimum Gasteiger partial charge on any atom is -0.352 e. The molecule has 1 aliphatic rings. The van der Waals surface area contributed by atoms with Gasteiger partial charge in [0.1, 0.15) is 0 Å². The Labute approximate surface area is 178 Å². The summed E-state index contributed by atoms with van der Waals surface area (Å²) in [6.45, 7) is 10.9. The molecule has 0 aliphatic carbocycles. The molecule has 0 amide bonds. The molecule has 2 aromatic heterocycles. The Balaban J connectivity index is 1.85. The van der Waals surface area contributed by atoms with Crippen LogP contribution in [0.15, 0.2) is 54.7 Å². The molecule has 3 heterocycles. The molecule has 2 unspecified atom stereocenters. The summed E-state index contributed by atoms with van der Waals surface area (Å²) in [7, 11) is 0. The highest BCUT2D eigenvalue weighted by atomic mass is 32.1. The molecule has 4 rings (SSSR count). The van der Waals surface area contributed by atoms with E-state index in [9.17, 15) is 0 Å². The maximum atomic E-state index is 5.74. The summed E-state index contributed by atoms with van der Waals surface area (Å²) in [4.78, 5) is 6.95. The quantitative estimate of drug-likeness (QED) is 0.608. The second-order valence-corrected chi connectivity index (χ2v) is 8.51. The third-order valence-electron chi connectivity index (χ3n) is 5.77. The van der Waals surface area contributed by atoms with Crippen LogP contribution in [0.3, 0.4) is 0 Å². The number of pyridine rings is 1. The van der Waals surface area contributed by atoms with Gasteiger partial charge in [-0.1, -0.05) is 23.8 Å². The first kappa shape index (κ1) is 19.6. The van der Waals surface area contributed by atoms with Crippen LogP contribution in [0.25, 0.3) is 5.69 Å². The van der Waals surface area contributed by atoms with Crippen molar-refractivity contribution in [3.8, 4) is 5.69 Å². The van der Waals surface area contributed by atoms with Gasteiger partial charge in [0.15, 0.2) is 5.11 Å². The molecule has 1 N–H and O–H groups in total. The number of benzene rings is 1. The molecule has 150 valence electrons. The SMILES string of the molecule is Cc1ccc(-n2c(C)cc(C3C(c4ccccn4)NC(=S)N3C(C)C)c2C)cc1. The average molecular weight is 405 g/mol. The highest BCUT2D eigenvalue weighted by molar-refractivity contribution is 7.80. The van der Waals surface area contributed by atoms with Gasteiger partial charge in [0.25, 0.3) is 0 Å². The van der Waals surface area contributed by atoms with Crippen LogP contribution >= 0.6 is 12.2 Å². The van der Waals surface area contributed by atoms with Crippen LogP contribution in [0.1, 0.15) is 54.1 Å². The molecule has 0 spiro atoms. The van der Waals surface area contributed by atoms with E-state index in [1.54, 1.807) is 0 Å². The van der Waals surface area contributed by atoms with Gasteiger partial charge in [0.2, 0.25) is 0 Å². The largest absolute Gasteiger partial charge is 0.352 e. The maximum Gasteiger partial charge on any atom is 0.170 e. The van der Waals surface area contributed by atoms with Crippen LogP contribution in [0.4, 0.5) is 0 Å². The third-order valence-corrected chi connectivity index (χ3v) is 6.10. The number of rotatable bonds is 4. The molecule has 1 saturated heterocycles. The molecule has 1 fully saturated rings. The maximum absolute atomic E-state index is 5.74. The second kappa shape index (κ2) is 7.64. The molecule has 0 saturated carbocycles. The molecule has 0 radical (unpaired) electrons. The van der Waals surface area contributed by atoms with Crippen LogP contribution in [0.5, 0.6) is 0 Å². The Bertz CT molecular complexity index is 1020. The van der Waals surface area contributed by atoms with E-state index in [4.69, 9.17) is 12.2 Å². The summed E-state index contributed by atoms with van der Waals surface area (Å²) < 4.78 is 2.34. The van der Waals surface area contributed by atoms with Gasteiger partial charge >= 0.3 is 0 Å². The lowest BCUT2D eigenvalue weighted by atomic mass is 9.96. The van der Waals surface area contributed by atoms with Crippen LogP contribution in [0.2, 0.25) is 0 Å². The lowest BCUT2D eigenvalue weighted by Crippen LogP contribution is -2.35. The van der Waals surface area contributed by atoms with Crippen molar-refractivity contribution in [1.29, 1.82) is 0 Å². The number of nitrogens with one attached hydrogen (secondary N) is 1. The molecule has 4 nitrogen and oxygen atoms in total. The van der Waals surface area contributed by atoms with Crippen molar-refractivity contribution in [2.45, 2.75) is 52.7 Å². The van der Waals surface area contributed by atoms with Gasteiger partial charge in [-0.2, -0.15) is 0 Å². The van der Waals surface area contributed by atoms with Crippen molar-refractivity contribution in [1.82, 2.24) is 19.8 Å². The summed E-state index contributed by atoms with van der Waals surface area (Å²) in [5.74, 6) is 0. The van der Waals surface area contributed by atoms with Crippen LogP contribution in [-0.4, -0.2) is 25.6 Å². The first-order valence-corrected chi connectivity index (χ1v) is 10.5. The lowest BCUT2D eigenvalue weighted by molar-refractivity contribution is 0.269. The summed E-state index contributed by atoms with van der Waals surface area (Å²) in [5, 5.41) is 4.33. The zero-order valence-corrected chi connectivity index (χ0v) is 18.5. The van der Waals surface area contributed by atoms with Gasteiger partial charge in [0, 0.05) is 29.3 Å². The van der Waals surface area contributed by atoms with Crippen LogP contribution < -0.4 is 5.32 Å². The summed E-state index contributed by atoms with van der Waals surface area (Å²) in [5.41, 5.74) is 7.24. The number of aromatic nitrogens is 2. The molecular formula is C24H28N4S. The Hall–Kier alpha value is -2.66. The normalized spacial score (nSPS) is 19.1. The third kappa shape index (κ3) is 3.44. The molecule has 3 aromatic rings. The van der Waals surface area contributed by atoms with Crippen molar-refractivity contribution in [3.63, 3.8) is 0 Å². The Morgan fingerprint density at radius 2 is 1.76 bits per heavy atom. The van der Waals surface area contributed by atoms with E-state index >= 15 is 0 Å². The first-order chi connectivity index (χ1) is 13.9. The van der Waals surface area contributed by atoms with E-state index in [-0.39, 0.29) is 18.1 Å². The highest BCUT2D eigenvalue weighted by Gasteiger charge is 2.42. The standard InChI is InChI=1S/C24H28N4S/c1-15(2)27-23(22(26-24(27)29)21-8-6-7-13-25-21)20-14-17(4)28(18(20)5)19-11-9-16(3)10-12-19/h6-15,22-23H,1-5H3,(H,26,29). The van der Waals surface area contributed by atoms with E-state index in [0.717, 1.165) is 10.8 Å². The molecule has 5 heteroatoms. The van der Waals surface area contributed by atoms with Crippen LogP contribution in [0, 0.1) is 20.8 Å². The average Bonchev–Trinajstić information content (AvgIpc) is 3.19. The van der Waals surface area contributed by atoms with Crippen LogP contribution in [-0.2, 0) is 0 Å². The van der Waals surface area contributed by atoms with E-state index in [0.29, 0.717) is 0 Å². The Morgan fingerprint density at radius 1 is 1.03 bits per heavy atom. The van der Waals surface area contributed by atoms with Gasteiger partial charge in [-0.3, -0.25) is 4.98 Å². The fourth-order valence-electron chi connectivity index (χ4n) is 4.43. The number of hydrogen-bond donors (Lipinski definition) is 1. The molecule has 0 bridgehead atoms. The van der Waals surface area contributed by atoms with E-state index in [1.165, 1.54) is 28.2 Å². The van der Waals surface area contributed by atoms with Crippen molar-refractivity contribution in [2.24, 2.45) is 0 Å². The zero-order valence-electron chi connectivity index (χ0n) is 17.7. The van der Waals surface area contributed by atoms with E-state index in [2.05, 4.69) is 90.8 Å². The smallest absolute Gasteiger partial charge is 0.170 e. The van der Waals surface area contributed by atoms with Gasteiger partial charge in [0.05, 0.1) is 17.8 Å². The minimum absolute atomic E-state index is 0.0260. The number of aryl methyl sites for hydroxylation is 2. The molecule has 29 heavy (non-hydrogen) atoms.